The molecular formula is C9H17N5O2S. The molecule has 1 aromatic heterocycles. The molecule has 1 aliphatic rings. The van der Waals surface area contributed by atoms with Crippen LogP contribution in [-0.2, 0) is 22.9 Å². The fraction of sp³-hybridized carbons (Fsp3) is 0.889. The van der Waals surface area contributed by atoms with Gasteiger partial charge in [-0.05, 0) is 23.3 Å². The fourth-order valence-electron chi connectivity index (χ4n) is 1.42. The van der Waals surface area contributed by atoms with Gasteiger partial charge in [-0.1, -0.05) is 6.92 Å². The SMILES string of the molecule is CCS(=O)(=O)CCn1nnnc1CNC1CC1. The minimum Gasteiger partial charge on any atom is -0.307 e. The van der Waals surface area contributed by atoms with Crippen molar-refractivity contribution < 1.29 is 8.42 Å². The van der Waals surface area contributed by atoms with E-state index in [2.05, 4.69) is 20.8 Å². The summed E-state index contributed by atoms with van der Waals surface area (Å²) in [4.78, 5) is 0. The van der Waals surface area contributed by atoms with Crippen molar-refractivity contribution in [3.63, 3.8) is 0 Å². The Bertz CT molecular complexity index is 465. The van der Waals surface area contributed by atoms with E-state index in [1.165, 1.54) is 12.8 Å². The molecule has 8 heteroatoms. The van der Waals surface area contributed by atoms with Crippen LogP contribution in [-0.4, -0.2) is 46.2 Å². The predicted octanol–water partition coefficient (Wildman–Crippen LogP) is -0.640. The highest BCUT2D eigenvalue weighted by molar-refractivity contribution is 7.91. The van der Waals surface area contributed by atoms with Crippen molar-refractivity contribution >= 4 is 9.84 Å². The van der Waals surface area contributed by atoms with Gasteiger partial charge in [0.1, 0.15) is 0 Å². The van der Waals surface area contributed by atoms with Gasteiger partial charge < -0.3 is 5.32 Å². The first kappa shape index (κ1) is 12.4. The number of rotatable bonds is 7. The van der Waals surface area contributed by atoms with E-state index in [9.17, 15) is 8.42 Å². The van der Waals surface area contributed by atoms with Crippen LogP contribution >= 0.6 is 0 Å². The summed E-state index contributed by atoms with van der Waals surface area (Å²) in [6, 6.07) is 0.583. The molecule has 0 saturated heterocycles. The molecule has 0 radical (unpaired) electrons. The second-order valence-electron chi connectivity index (χ2n) is 4.21. The molecule has 1 saturated carbocycles. The lowest BCUT2D eigenvalue weighted by molar-refractivity contribution is 0.550. The molecule has 1 heterocycles. The summed E-state index contributed by atoms with van der Waals surface area (Å²) in [6.45, 7) is 2.57. The Morgan fingerprint density at radius 3 is 2.88 bits per heavy atom. The monoisotopic (exact) mass is 259 g/mol. The van der Waals surface area contributed by atoms with E-state index < -0.39 is 9.84 Å². The maximum absolute atomic E-state index is 11.4. The van der Waals surface area contributed by atoms with Crippen molar-refractivity contribution in [2.75, 3.05) is 11.5 Å². The number of nitrogens with zero attached hydrogens (tertiary/aromatic N) is 4. The zero-order chi connectivity index (χ0) is 12.3. The molecule has 1 aromatic rings. The minimum atomic E-state index is -2.97. The van der Waals surface area contributed by atoms with Gasteiger partial charge in [-0.3, -0.25) is 0 Å². The summed E-state index contributed by atoms with van der Waals surface area (Å²) >= 11 is 0. The maximum atomic E-state index is 11.4. The molecule has 1 aliphatic carbocycles. The van der Waals surface area contributed by atoms with Crippen LogP contribution in [0.4, 0.5) is 0 Å². The second-order valence-corrected chi connectivity index (χ2v) is 6.68. The summed E-state index contributed by atoms with van der Waals surface area (Å²) in [7, 11) is -2.97. The number of sulfone groups is 1. The van der Waals surface area contributed by atoms with Gasteiger partial charge >= 0.3 is 0 Å². The Balaban J connectivity index is 1.89. The van der Waals surface area contributed by atoms with Gasteiger partial charge in [-0.2, -0.15) is 0 Å². The van der Waals surface area contributed by atoms with Crippen molar-refractivity contribution in [3.8, 4) is 0 Å². The summed E-state index contributed by atoms with van der Waals surface area (Å²) in [5.74, 6) is 0.943. The van der Waals surface area contributed by atoms with Crippen molar-refractivity contribution in [1.29, 1.82) is 0 Å². The standard InChI is InChI=1S/C9H17N5O2S/c1-2-17(15,16)6-5-14-9(11-12-13-14)7-10-8-3-4-8/h8,10H,2-7H2,1H3. The van der Waals surface area contributed by atoms with Crippen LogP contribution in [0.3, 0.4) is 0 Å². The van der Waals surface area contributed by atoms with Crippen LogP contribution in [0.15, 0.2) is 0 Å². The lowest BCUT2D eigenvalue weighted by atomic mass is 10.5. The molecule has 0 aliphatic heterocycles. The van der Waals surface area contributed by atoms with E-state index >= 15 is 0 Å². The number of aromatic nitrogens is 4. The molecule has 0 spiro atoms. The highest BCUT2D eigenvalue weighted by Gasteiger charge is 2.21. The van der Waals surface area contributed by atoms with Crippen molar-refractivity contribution in [1.82, 2.24) is 25.5 Å². The smallest absolute Gasteiger partial charge is 0.165 e. The molecule has 0 amide bonds. The lowest BCUT2D eigenvalue weighted by Gasteiger charge is -2.05. The van der Waals surface area contributed by atoms with Gasteiger partial charge in [0, 0.05) is 11.8 Å². The third kappa shape index (κ3) is 3.74. The van der Waals surface area contributed by atoms with E-state index in [-0.39, 0.29) is 11.5 Å². The van der Waals surface area contributed by atoms with Crippen molar-refractivity contribution in [2.45, 2.75) is 38.9 Å². The van der Waals surface area contributed by atoms with Crippen molar-refractivity contribution in [2.24, 2.45) is 0 Å². The van der Waals surface area contributed by atoms with Crippen molar-refractivity contribution in [3.05, 3.63) is 5.82 Å². The molecular weight excluding hydrogens is 242 g/mol. The molecule has 1 N–H and O–H groups in total. The van der Waals surface area contributed by atoms with E-state index in [0.717, 1.165) is 0 Å². The van der Waals surface area contributed by atoms with E-state index in [0.29, 0.717) is 25.0 Å². The largest absolute Gasteiger partial charge is 0.307 e. The molecule has 96 valence electrons. The van der Waals surface area contributed by atoms with Crippen LogP contribution in [0, 0.1) is 0 Å². The number of hydrogen-bond acceptors (Lipinski definition) is 6. The Morgan fingerprint density at radius 1 is 1.47 bits per heavy atom. The molecule has 1 fully saturated rings. The average molecular weight is 259 g/mol. The molecule has 2 rings (SSSR count). The topological polar surface area (TPSA) is 89.8 Å². The van der Waals surface area contributed by atoms with Crippen LogP contribution in [0.5, 0.6) is 0 Å². The average Bonchev–Trinajstić information content (AvgIpc) is 3.03. The van der Waals surface area contributed by atoms with Crippen LogP contribution in [0.2, 0.25) is 0 Å². The first-order valence-electron chi connectivity index (χ1n) is 5.79. The molecule has 0 bridgehead atoms. The van der Waals surface area contributed by atoms with Gasteiger partial charge in [0.25, 0.3) is 0 Å². The van der Waals surface area contributed by atoms with E-state index in [4.69, 9.17) is 0 Å². The van der Waals surface area contributed by atoms with Crippen LogP contribution in [0.1, 0.15) is 25.6 Å². The quantitative estimate of drug-likeness (QED) is 0.700. The number of nitrogens with one attached hydrogen (secondary N) is 1. The zero-order valence-corrected chi connectivity index (χ0v) is 10.7. The first-order chi connectivity index (χ1) is 8.11. The minimum absolute atomic E-state index is 0.0883. The third-order valence-corrected chi connectivity index (χ3v) is 4.47. The van der Waals surface area contributed by atoms with E-state index in [1.54, 1.807) is 11.6 Å². The third-order valence-electron chi connectivity index (χ3n) is 2.79. The normalized spacial score (nSPS) is 16.3. The molecule has 7 nitrogen and oxygen atoms in total. The maximum Gasteiger partial charge on any atom is 0.165 e. The molecule has 0 unspecified atom stereocenters. The fourth-order valence-corrected chi connectivity index (χ4v) is 2.16. The number of aryl methyl sites for hydroxylation is 1. The van der Waals surface area contributed by atoms with Gasteiger partial charge in [0.05, 0.1) is 18.8 Å². The Kier molecular flexibility index (Phi) is 3.72. The first-order valence-corrected chi connectivity index (χ1v) is 7.61. The Morgan fingerprint density at radius 2 is 2.24 bits per heavy atom. The van der Waals surface area contributed by atoms with Crippen LogP contribution in [0.25, 0.3) is 0 Å². The number of hydrogen-bond donors (Lipinski definition) is 1. The lowest BCUT2D eigenvalue weighted by Crippen LogP contribution is -2.22. The second kappa shape index (κ2) is 5.09. The zero-order valence-electron chi connectivity index (χ0n) is 9.83. The Labute approximate surface area is 101 Å². The van der Waals surface area contributed by atoms with Gasteiger partial charge in [0.2, 0.25) is 0 Å². The van der Waals surface area contributed by atoms with Crippen LogP contribution < -0.4 is 5.32 Å². The summed E-state index contributed by atoms with van der Waals surface area (Å²) in [6.07, 6.45) is 2.40. The molecule has 0 aromatic carbocycles. The predicted molar refractivity (Wildman–Crippen MR) is 62.0 cm³/mol. The van der Waals surface area contributed by atoms with Gasteiger partial charge in [-0.25, -0.2) is 13.1 Å². The van der Waals surface area contributed by atoms with Gasteiger partial charge in [-0.15, -0.1) is 5.10 Å². The summed E-state index contributed by atoms with van der Waals surface area (Å²) in [5, 5.41) is 14.6. The van der Waals surface area contributed by atoms with E-state index in [1.807, 2.05) is 0 Å². The summed E-state index contributed by atoms with van der Waals surface area (Å²) < 4.78 is 24.3. The highest BCUT2D eigenvalue weighted by Crippen LogP contribution is 2.18. The molecule has 0 atom stereocenters. The molecule has 17 heavy (non-hydrogen) atoms. The Hall–Kier alpha value is -1.02. The number of tetrazole rings is 1. The summed E-state index contributed by atoms with van der Waals surface area (Å²) in [5.41, 5.74) is 0. The van der Waals surface area contributed by atoms with Gasteiger partial charge in [0.15, 0.2) is 15.7 Å². The highest BCUT2D eigenvalue weighted by atomic mass is 32.2.